The lowest BCUT2D eigenvalue weighted by Gasteiger charge is -2.11. The zero-order chi connectivity index (χ0) is 12.4. The number of nitrogens with zero attached hydrogens (tertiary/aromatic N) is 1. The molecule has 0 aliphatic carbocycles. The topological polar surface area (TPSA) is 52.7 Å². The number of imidazole rings is 1. The van der Waals surface area contributed by atoms with Crippen LogP contribution in [0.4, 0.5) is 5.69 Å². The largest absolute Gasteiger partial charge is 0.385 e. The van der Waals surface area contributed by atoms with E-state index in [0.29, 0.717) is 6.04 Å². The van der Waals surface area contributed by atoms with E-state index in [-0.39, 0.29) is 0 Å². The van der Waals surface area contributed by atoms with Gasteiger partial charge in [-0.15, -0.1) is 0 Å². The van der Waals surface area contributed by atoms with Gasteiger partial charge in [-0.05, 0) is 50.9 Å². The van der Waals surface area contributed by atoms with E-state index in [1.165, 1.54) is 31.5 Å². The van der Waals surface area contributed by atoms with Crippen LogP contribution in [-0.4, -0.2) is 29.1 Å². The van der Waals surface area contributed by atoms with Crippen LogP contribution in [0.3, 0.4) is 0 Å². The van der Waals surface area contributed by atoms with E-state index in [2.05, 4.69) is 38.8 Å². The number of fused-ring (bicyclic) bond motifs is 1. The third-order valence-corrected chi connectivity index (χ3v) is 3.58. The van der Waals surface area contributed by atoms with E-state index in [1.54, 1.807) is 0 Å². The summed E-state index contributed by atoms with van der Waals surface area (Å²) in [6.45, 7) is 4.19. The number of aryl methyl sites for hydroxylation is 1. The van der Waals surface area contributed by atoms with E-state index in [4.69, 9.17) is 0 Å². The minimum absolute atomic E-state index is 0.704. The van der Waals surface area contributed by atoms with E-state index in [9.17, 15) is 0 Å². The number of hydrogen-bond acceptors (Lipinski definition) is 3. The van der Waals surface area contributed by atoms with E-state index in [0.717, 1.165) is 23.4 Å². The molecule has 1 atom stereocenters. The average molecular weight is 244 g/mol. The van der Waals surface area contributed by atoms with Crippen LogP contribution in [0, 0.1) is 6.92 Å². The van der Waals surface area contributed by atoms with Crippen LogP contribution in [0.15, 0.2) is 18.2 Å². The van der Waals surface area contributed by atoms with Crippen LogP contribution < -0.4 is 10.6 Å². The summed E-state index contributed by atoms with van der Waals surface area (Å²) in [5.41, 5.74) is 3.32. The van der Waals surface area contributed by atoms with Crippen LogP contribution in [0.25, 0.3) is 11.0 Å². The number of aromatic nitrogens is 2. The fourth-order valence-electron chi connectivity index (χ4n) is 2.64. The Balaban J connectivity index is 1.59. The smallest absolute Gasteiger partial charge is 0.104 e. The number of nitrogens with one attached hydrogen (secondary N) is 3. The fourth-order valence-corrected chi connectivity index (χ4v) is 2.64. The van der Waals surface area contributed by atoms with Gasteiger partial charge in [0.2, 0.25) is 0 Å². The van der Waals surface area contributed by atoms with Gasteiger partial charge >= 0.3 is 0 Å². The lowest BCUT2D eigenvalue weighted by atomic mass is 10.1. The highest BCUT2D eigenvalue weighted by Crippen LogP contribution is 2.17. The molecule has 0 radical (unpaired) electrons. The molecular weight excluding hydrogens is 224 g/mol. The lowest BCUT2D eigenvalue weighted by molar-refractivity contribution is 0.574. The van der Waals surface area contributed by atoms with Crippen molar-refractivity contribution >= 4 is 16.7 Å². The first-order chi connectivity index (χ1) is 8.81. The number of benzene rings is 1. The van der Waals surface area contributed by atoms with E-state index in [1.807, 2.05) is 6.92 Å². The van der Waals surface area contributed by atoms with Crippen molar-refractivity contribution in [3.05, 3.63) is 24.0 Å². The average Bonchev–Trinajstić information content (AvgIpc) is 2.96. The third-order valence-electron chi connectivity index (χ3n) is 3.58. The van der Waals surface area contributed by atoms with Gasteiger partial charge in [-0.25, -0.2) is 4.98 Å². The number of aromatic amines is 1. The second kappa shape index (κ2) is 4.98. The number of rotatable bonds is 4. The molecule has 4 nitrogen and oxygen atoms in total. The van der Waals surface area contributed by atoms with Crippen molar-refractivity contribution in [1.82, 2.24) is 15.3 Å². The maximum absolute atomic E-state index is 4.40. The van der Waals surface area contributed by atoms with Crippen molar-refractivity contribution in [2.24, 2.45) is 0 Å². The van der Waals surface area contributed by atoms with Crippen molar-refractivity contribution in [1.29, 1.82) is 0 Å². The Hall–Kier alpha value is -1.55. The Morgan fingerprint density at radius 3 is 3.22 bits per heavy atom. The Bertz CT molecular complexity index is 526. The number of hydrogen-bond donors (Lipinski definition) is 3. The second-order valence-corrected chi connectivity index (χ2v) is 5.06. The highest BCUT2D eigenvalue weighted by molar-refractivity contribution is 5.79. The second-order valence-electron chi connectivity index (χ2n) is 5.06. The molecule has 0 amide bonds. The van der Waals surface area contributed by atoms with Gasteiger partial charge in [-0.3, -0.25) is 0 Å². The molecule has 4 heteroatoms. The molecule has 0 bridgehead atoms. The van der Waals surface area contributed by atoms with E-state index >= 15 is 0 Å². The quantitative estimate of drug-likeness (QED) is 0.774. The van der Waals surface area contributed by atoms with Crippen molar-refractivity contribution in [2.75, 3.05) is 18.4 Å². The minimum atomic E-state index is 0.704. The number of H-pyrrole nitrogens is 1. The van der Waals surface area contributed by atoms with Gasteiger partial charge in [0.25, 0.3) is 0 Å². The highest BCUT2D eigenvalue weighted by Gasteiger charge is 2.12. The molecule has 1 aromatic heterocycles. The first kappa shape index (κ1) is 11.5. The zero-order valence-electron chi connectivity index (χ0n) is 10.8. The first-order valence-electron chi connectivity index (χ1n) is 6.75. The van der Waals surface area contributed by atoms with Crippen LogP contribution >= 0.6 is 0 Å². The molecule has 0 saturated carbocycles. The molecule has 1 aromatic carbocycles. The van der Waals surface area contributed by atoms with Crippen molar-refractivity contribution in [3.8, 4) is 0 Å². The number of anilines is 1. The molecule has 0 spiro atoms. The summed E-state index contributed by atoms with van der Waals surface area (Å²) in [5, 5.41) is 7.00. The van der Waals surface area contributed by atoms with Gasteiger partial charge in [0, 0.05) is 18.3 Å². The monoisotopic (exact) mass is 244 g/mol. The van der Waals surface area contributed by atoms with Gasteiger partial charge in [0.1, 0.15) is 5.82 Å². The Kier molecular flexibility index (Phi) is 3.19. The van der Waals surface area contributed by atoms with Gasteiger partial charge in [-0.1, -0.05) is 0 Å². The molecule has 1 fully saturated rings. The molecule has 1 unspecified atom stereocenters. The summed E-state index contributed by atoms with van der Waals surface area (Å²) in [6, 6.07) is 7.01. The summed E-state index contributed by atoms with van der Waals surface area (Å²) in [7, 11) is 0. The summed E-state index contributed by atoms with van der Waals surface area (Å²) in [4.78, 5) is 7.67. The standard InChI is InChI=1S/C14H20N4/c1-10-17-13-5-4-12(9-14(13)18-10)16-8-6-11-3-2-7-15-11/h4-5,9,11,15-16H,2-3,6-8H2,1H3,(H,17,18). The lowest BCUT2D eigenvalue weighted by Crippen LogP contribution is -2.24. The molecule has 3 N–H and O–H groups in total. The van der Waals surface area contributed by atoms with Crippen LogP contribution in [0.5, 0.6) is 0 Å². The fraction of sp³-hybridized carbons (Fsp3) is 0.500. The summed E-state index contributed by atoms with van der Waals surface area (Å²) >= 11 is 0. The van der Waals surface area contributed by atoms with Crippen LogP contribution in [0.1, 0.15) is 25.1 Å². The molecule has 18 heavy (non-hydrogen) atoms. The Labute approximate surface area is 107 Å². The zero-order valence-corrected chi connectivity index (χ0v) is 10.8. The summed E-state index contributed by atoms with van der Waals surface area (Å²) < 4.78 is 0. The van der Waals surface area contributed by atoms with Crippen molar-refractivity contribution in [2.45, 2.75) is 32.2 Å². The minimum Gasteiger partial charge on any atom is -0.385 e. The highest BCUT2D eigenvalue weighted by atomic mass is 15.0. The van der Waals surface area contributed by atoms with E-state index < -0.39 is 0 Å². The van der Waals surface area contributed by atoms with Crippen LogP contribution in [0.2, 0.25) is 0 Å². The molecule has 1 aliphatic rings. The molecule has 3 rings (SSSR count). The van der Waals surface area contributed by atoms with Gasteiger partial charge in [-0.2, -0.15) is 0 Å². The molecule has 2 aromatic rings. The molecule has 1 aliphatic heterocycles. The SMILES string of the molecule is Cc1nc2ccc(NCCC3CCCN3)cc2[nH]1. The summed E-state index contributed by atoms with van der Waals surface area (Å²) in [5.74, 6) is 0.970. The predicted molar refractivity (Wildman–Crippen MR) is 75.0 cm³/mol. The predicted octanol–water partition coefficient (Wildman–Crippen LogP) is 2.43. The first-order valence-corrected chi connectivity index (χ1v) is 6.75. The third kappa shape index (κ3) is 2.48. The Morgan fingerprint density at radius 1 is 1.44 bits per heavy atom. The maximum Gasteiger partial charge on any atom is 0.104 e. The molecule has 2 heterocycles. The molecule has 96 valence electrons. The maximum atomic E-state index is 4.40. The van der Waals surface area contributed by atoms with Gasteiger partial charge in [0.05, 0.1) is 11.0 Å². The van der Waals surface area contributed by atoms with Crippen LogP contribution in [-0.2, 0) is 0 Å². The summed E-state index contributed by atoms with van der Waals surface area (Å²) in [6.07, 6.45) is 3.84. The van der Waals surface area contributed by atoms with Crippen molar-refractivity contribution < 1.29 is 0 Å². The Morgan fingerprint density at radius 2 is 2.39 bits per heavy atom. The normalized spacial score (nSPS) is 19.5. The van der Waals surface area contributed by atoms with Gasteiger partial charge in [0.15, 0.2) is 0 Å². The van der Waals surface area contributed by atoms with Gasteiger partial charge < -0.3 is 15.6 Å². The molecule has 1 saturated heterocycles. The van der Waals surface area contributed by atoms with Crippen molar-refractivity contribution in [3.63, 3.8) is 0 Å². The molecular formula is C14H20N4.